The van der Waals surface area contributed by atoms with Gasteiger partial charge in [-0.3, -0.25) is 0 Å². The topological polar surface area (TPSA) is 76.8 Å². The zero-order valence-corrected chi connectivity index (χ0v) is 12.9. The van der Waals surface area contributed by atoms with Crippen molar-refractivity contribution < 1.29 is 0 Å². The quantitative estimate of drug-likeness (QED) is 0.512. The summed E-state index contributed by atoms with van der Waals surface area (Å²) in [6.45, 7) is 1.99. The molecule has 0 aliphatic rings. The standard InChI is InChI=1S/C19H18N4/c1-13-2-11-19(18(21)12-13)23-22-17-9-5-15(6-10-17)14-3-7-16(20)8-4-14/h2-12H,20-21H2,1H3. The van der Waals surface area contributed by atoms with E-state index in [0.29, 0.717) is 11.4 Å². The van der Waals surface area contributed by atoms with Gasteiger partial charge in [0.05, 0.1) is 11.4 Å². The van der Waals surface area contributed by atoms with Gasteiger partial charge in [0.15, 0.2) is 0 Å². The molecule has 0 bridgehead atoms. The fraction of sp³-hybridized carbons (Fsp3) is 0.0526. The highest BCUT2D eigenvalue weighted by Gasteiger charge is 1.99. The molecule has 0 amide bonds. The molecule has 0 unspecified atom stereocenters. The molecular formula is C19H18N4. The van der Waals surface area contributed by atoms with Crippen molar-refractivity contribution in [3.05, 3.63) is 72.3 Å². The average Bonchev–Trinajstić information content (AvgIpc) is 2.55. The smallest absolute Gasteiger partial charge is 0.109 e. The van der Waals surface area contributed by atoms with E-state index in [1.165, 1.54) is 0 Å². The number of nitrogens with two attached hydrogens (primary N) is 2. The first kappa shape index (κ1) is 14.8. The zero-order chi connectivity index (χ0) is 16.2. The minimum Gasteiger partial charge on any atom is -0.399 e. The number of benzene rings is 3. The van der Waals surface area contributed by atoms with E-state index in [-0.39, 0.29) is 0 Å². The van der Waals surface area contributed by atoms with E-state index >= 15 is 0 Å². The van der Waals surface area contributed by atoms with E-state index in [4.69, 9.17) is 11.5 Å². The molecule has 4 nitrogen and oxygen atoms in total. The molecule has 23 heavy (non-hydrogen) atoms. The predicted octanol–water partition coefficient (Wildman–Crippen LogP) is 5.24. The molecule has 0 aliphatic heterocycles. The molecule has 0 radical (unpaired) electrons. The van der Waals surface area contributed by atoms with Crippen LogP contribution in [0.25, 0.3) is 11.1 Å². The third-order valence-electron chi connectivity index (χ3n) is 3.57. The third-order valence-corrected chi connectivity index (χ3v) is 3.57. The molecule has 3 rings (SSSR count). The Balaban J connectivity index is 1.79. The Bertz CT molecular complexity index is 834. The third kappa shape index (κ3) is 3.55. The van der Waals surface area contributed by atoms with Crippen molar-refractivity contribution in [2.75, 3.05) is 11.5 Å². The van der Waals surface area contributed by atoms with Crippen LogP contribution in [-0.4, -0.2) is 0 Å². The van der Waals surface area contributed by atoms with Crippen molar-refractivity contribution >= 4 is 22.7 Å². The van der Waals surface area contributed by atoms with Crippen LogP contribution >= 0.6 is 0 Å². The van der Waals surface area contributed by atoms with Crippen molar-refractivity contribution in [1.82, 2.24) is 0 Å². The van der Waals surface area contributed by atoms with Crippen molar-refractivity contribution in [3.63, 3.8) is 0 Å². The second-order valence-electron chi connectivity index (χ2n) is 5.43. The Hall–Kier alpha value is -3.14. The van der Waals surface area contributed by atoms with Crippen LogP contribution in [-0.2, 0) is 0 Å². The lowest BCUT2D eigenvalue weighted by Crippen LogP contribution is -1.85. The molecular weight excluding hydrogens is 284 g/mol. The van der Waals surface area contributed by atoms with Crippen molar-refractivity contribution in [3.8, 4) is 11.1 Å². The molecule has 0 heterocycles. The summed E-state index contributed by atoms with van der Waals surface area (Å²) >= 11 is 0. The van der Waals surface area contributed by atoms with E-state index < -0.39 is 0 Å². The number of aryl methyl sites for hydroxylation is 1. The first-order chi connectivity index (χ1) is 11.1. The van der Waals surface area contributed by atoms with Gasteiger partial charge in [0.2, 0.25) is 0 Å². The highest BCUT2D eigenvalue weighted by molar-refractivity contribution is 5.67. The van der Waals surface area contributed by atoms with Crippen LogP contribution in [0.5, 0.6) is 0 Å². The Morgan fingerprint density at radius 3 is 1.91 bits per heavy atom. The maximum Gasteiger partial charge on any atom is 0.109 e. The van der Waals surface area contributed by atoms with Crippen molar-refractivity contribution in [2.24, 2.45) is 10.2 Å². The molecule has 3 aromatic carbocycles. The second-order valence-corrected chi connectivity index (χ2v) is 5.43. The lowest BCUT2D eigenvalue weighted by Gasteiger charge is -2.03. The predicted molar refractivity (Wildman–Crippen MR) is 96.1 cm³/mol. The van der Waals surface area contributed by atoms with E-state index in [1.54, 1.807) is 0 Å². The average molecular weight is 302 g/mol. The van der Waals surface area contributed by atoms with Gasteiger partial charge in [-0.1, -0.05) is 30.3 Å². The summed E-state index contributed by atoms with van der Waals surface area (Å²) in [5.41, 5.74) is 17.8. The van der Waals surface area contributed by atoms with E-state index in [2.05, 4.69) is 10.2 Å². The van der Waals surface area contributed by atoms with Crippen LogP contribution in [0.2, 0.25) is 0 Å². The van der Waals surface area contributed by atoms with Gasteiger partial charge in [-0.25, -0.2) is 0 Å². The fourth-order valence-corrected chi connectivity index (χ4v) is 2.27. The van der Waals surface area contributed by atoms with E-state index in [1.807, 2.05) is 73.7 Å². The molecule has 114 valence electrons. The van der Waals surface area contributed by atoms with Gasteiger partial charge >= 0.3 is 0 Å². The maximum absolute atomic E-state index is 5.93. The second kappa shape index (κ2) is 6.32. The Morgan fingerprint density at radius 2 is 1.30 bits per heavy atom. The first-order valence-electron chi connectivity index (χ1n) is 7.36. The maximum atomic E-state index is 5.93. The number of nitrogen functional groups attached to an aromatic ring is 2. The van der Waals surface area contributed by atoms with Gasteiger partial charge in [0, 0.05) is 5.69 Å². The first-order valence-corrected chi connectivity index (χ1v) is 7.36. The minimum absolute atomic E-state index is 0.632. The molecule has 0 aliphatic carbocycles. The summed E-state index contributed by atoms with van der Waals surface area (Å²) in [6.07, 6.45) is 0. The number of hydrogen-bond acceptors (Lipinski definition) is 4. The number of nitrogens with zero attached hydrogens (tertiary/aromatic N) is 2. The van der Waals surface area contributed by atoms with Gasteiger partial charge in [-0.2, -0.15) is 5.11 Å². The Kier molecular flexibility index (Phi) is 4.06. The highest BCUT2D eigenvalue weighted by Crippen LogP contribution is 2.27. The van der Waals surface area contributed by atoms with Crippen molar-refractivity contribution in [1.29, 1.82) is 0 Å². The van der Waals surface area contributed by atoms with Gasteiger partial charge in [-0.15, -0.1) is 5.11 Å². The molecule has 3 aromatic rings. The number of rotatable bonds is 3. The molecule has 0 saturated heterocycles. The molecule has 0 saturated carbocycles. The summed E-state index contributed by atoms with van der Waals surface area (Å²) in [6, 6.07) is 21.4. The molecule has 0 fully saturated rings. The van der Waals surface area contributed by atoms with Gasteiger partial charge in [0.25, 0.3) is 0 Å². The Morgan fingerprint density at radius 1 is 0.696 bits per heavy atom. The monoisotopic (exact) mass is 302 g/mol. The van der Waals surface area contributed by atoms with Crippen LogP contribution < -0.4 is 11.5 Å². The van der Waals surface area contributed by atoms with Crippen LogP contribution in [0.1, 0.15) is 5.56 Å². The summed E-state index contributed by atoms with van der Waals surface area (Å²) < 4.78 is 0. The van der Waals surface area contributed by atoms with Crippen LogP contribution in [0.3, 0.4) is 0 Å². The van der Waals surface area contributed by atoms with Crippen LogP contribution in [0.4, 0.5) is 22.7 Å². The molecule has 4 heteroatoms. The zero-order valence-electron chi connectivity index (χ0n) is 12.9. The van der Waals surface area contributed by atoms with Crippen molar-refractivity contribution in [2.45, 2.75) is 6.92 Å². The normalized spacial score (nSPS) is 11.0. The summed E-state index contributed by atoms with van der Waals surface area (Å²) in [5, 5.41) is 8.46. The van der Waals surface area contributed by atoms with Gasteiger partial charge < -0.3 is 11.5 Å². The number of anilines is 2. The minimum atomic E-state index is 0.632. The van der Waals surface area contributed by atoms with Crippen LogP contribution in [0, 0.1) is 6.92 Å². The summed E-state index contributed by atoms with van der Waals surface area (Å²) in [5.74, 6) is 0. The van der Waals surface area contributed by atoms with E-state index in [0.717, 1.165) is 28.1 Å². The highest BCUT2D eigenvalue weighted by atomic mass is 15.1. The number of azo groups is 1. The van der Waals surface area contributed by atoms with Crippen LogP contribution in [0.15, 0.2) is 77.0 Å². The number of hydrogen-bond donors (Lipinski definition) is 2. The molecule has 4 N–H and O–H groups in total. The van der Waals surface area contributed by atoms with E-state index in [9.17, 15) is 0 Å². The van der Waals surface area contributed by atoms with Gasteiger partial charge in [0.1, 0.15) is 5.69 Å². The SMILES string of the molecule is Cc1ccc(N=Nc2ccc(-c3ccc(N)cc3)cc2)c(N)c1. The molecule has 0 aromatic heterocycles. The lowest BCUT2D eigenvalue weighted by molar-refractivity contribution is 1.23. The largest absolute Gasteiger partial charge is 0.399 e. The molecule has 0 atom stereocenters. The summed E-state index contributed by atoms with van der Waals surface area (Å²) in [4.78, 5) is 0. The lowest BCUT2D eigenvalue weighted by atomic mass is 10.1. The molecule has 0 spiro atoms. The summed E-state index contributed by atoms with van der Waals surface area (Å²) in [7, 11) is 0. The Labute approximate surface area is 135 Å². The van der Waals surface area contributed by atoms with Gasteiger partial charge in [-0.05, 0) is 60.0 Å². The fourth-order valence-electron chi connectivity index (χ4n) is 2.27.